The molecule has 76 valence electrons. The standard InChI is InChI=1S/C13H12S2/c1-8(2)11-7-10-4-3-9-5-6-14-12(9)13(10)15-11/h3-8H,1-2H3. The predicted octanol–water partition coefficient (Wildman–Crippen LogP) is 5.24. The SMILES string of the molecule is CC(C)c1cc2ccc3ccsc3c2s1. The molecule has 0 aliphatic heterocycles. The summed E-state index contributed by atoms with van der Waals surface area (Å²) in [6, 6.07) is 9.01. The molecule has 1 aromatic carbocycles. The maximum atomic E-state index is 2.34. The predicted molar refractivity (Wildman–Crippen MR) is 71.3 cm³/mol. The number of hydrogen-bond donors (Lipinski definition) is 0. The van der Waals surface area contributed by atoms with Crippen molar-refractivity contribution in [3.63, 3.8) is 0 Å². The van der Waals surface area contributed by atoms with Gasteiger partial charge < -0.3 is 0 Å². The fraction of sp³-hybridized carbons (Fsp3) is 0.231. The Labute approximate surface area is 97.2 Å². The van der Waals surface area contributed by atoms with Crippen molar-refractivity contribution in [2.45, 2.75) is 19.8 Å². The topological polar surface area (TPSA) is 0 Å². The Hall–Kier alpha value is -0.860. The fourth-order valence-corrected chi connectivity index (χ4v) is 4.06. The monoisotopic (exact) mass is 232 g/mol. The van der Waals surface area contributed by atoms with Gasteiger partial charge in [0.1, 0.15) is 0 Å². The van der Waals surface area contributed by atoms with Gasteiger partial charge in [-0.25, -0.2) is 0 Å². The van der Waals surface area contributed by atoms with Gasteiger partial charge in [-0.3, -0.25) is 0 Å². The van der Waals surface area contributed by atoms with E-state index in [4.69, 9.17) is 0 Å². The van der Waals surface area contributed by atoms with Gasteiger partial charge >= 0.3 is 0 Å². The van der Waals surface area contributed by atoms with Crippen molar-refractivity contribution in [3.8, 4) is 0 Å². The van der Waals surface area contributed by atoms with Crippen LogP contribution in [-0.4, -0.2) is 0 Å². The van der Waals surface area contributed by atoms with Crippen LogP contribution >= 0.6 is 22.7 Å². The molecule has 0 saturated carbocycles. The second-order valence-corrected chi connectivity index (χ2v) is 6.13. The summed E-state index contributed by atoms with van der Waals surface area (Å²) in [7, 11) is 0. The second-order valence-electron chi connectivity index (χ2n) is 4.13. The van der Waals surface area contributed by atoms with Gasteiger partial charge in [0.05, 0.1) is 9.40 Å². The van der Waals surface area contributed by atoms with Crippen LogP contribution in [0.4, 0.5) is 0 Å². The zero-order valence-electron chi connectivity index (χ0n) is 8.78. The van der Waals surface area contributed by atoms with Crippen molar-refractivity contribution >= 4 is 42.8 Å². The lowest BCUT2D eigenvalue weighted by Gasteiger charge is -1.96. The van der Waals surface area contributed by atoms with Crippen LogP contribution in [0.3, 0.4) is 0 Å². The summed E-state index contributed by atoms with van der Waals surface area (Å²) in [4.78, 5) is 1.49. The Kier molecular flexibility index (Phi) is 2.08. The molecule has 3 rings (SSSR count). The van der Waals surface area contributed by atoms with Gasteiger partial charge in [-0.15, -0.1) is 22.7 Å². The summed E-state index contributed by atoms with van der Waals surface area (Å²) in [5, 5.41) is 4.96. The molecule has 0 N–H and O–H groups in total. The summed E-state index contributed by atoms with van der Waals surface area (Å²) < 4.78 is 2.91. The molecular weight excluding hydrogens is 220 g/mol. The van der Waals surface area contributed by atoms with E-state index < -0.39 is 0 Å². The first-order valence-corrected chi connectivity index (χ1v) is 6.85. The van der Waals surface area contributed by atoms with E-state index in [9.17, 15) is 0 Å². The van der Waals surface area contributed by atoms with Crippen molar-refractivity contribution in [1.82, 2.24) is 0 Å². The molecule has 2 aromatic heterocycles. The van der Waals surface area contributed by atoms with E-state index in [1.165, 1.54) is 25.0 Å². The van der Waals surface area contributed by atoms with E-state index in [1.54, 1.807) is 0 Å². The minimum absolute atomic E-state index is 0.636. The van der Waals surface area contributed by atoms with E-state index in [0.717, 1.165) is 0 Å². The first-order valence-electron chi connectivity index (χ1n) is 5.15. The van der Waals surface area contributed by atoms with Crippen LogP contribution in [-0.2, 0) is 0 Å². The van der Waals surface area contributed by atoms with Gasteiger partial charge in [0, 0.05) is 4.88 Å². The third kappa shape index (κ3) is 1.40. The zero-order chi connectivity index (χ0) is 10.4. The number of rotatable bonds is 1. The van der Waals surface area contributed by atoms with Crippen LogP contribution in [0.1, 0.15) is 24.6 Å². The number of benzene rings is 1. The molecule has 0 fully saturated rings. The molecule has 0 spiro atoms. The summed E-state index contributed by atoms with van der Waals surface area (Å²) >= 11 is 3.80. The number of hydrogen-bond acceptors (Lipinski definition) is 2. The third-order valence-electron chi connectivity index (χ3n) is 2.69. The lowest BCUT2D eigenvalue weighted by atomic mass is 10.1. The molecule has 0 radical (unpaired) electrons. The molecule has 2 heterocycles. The Morgan fingerprint density at radius 2 is 1.80 bits per heavy atom. The normalized spacial score (nSPS) is 11.9. The van der Waals surface area contributed by atoms with E-state index in [1.807, 2.05) is 22.7 Å². The molecular formula is C13H12S2. The smallest absolute Gasteiger partial charge is 0.0524 e. The molecule has 0 aliphatic carbocycles. The highest BCUT2D eigenvalue weighted by Gasteiger charge is 2.08. The molecule has 15 heavy (non-hydrogen) atoms. The van der Waals surface area contributed by atoms with E-state index in [-0.39, 0.29) is 0 Å². The van der Waals surface area contributed by atoms with E-state index in [2.05, 4.69) is 43.5 Å². The Morgan fingerprint density at radius 1 is 1.00 bits per heavy atom. The zero-order valence-corrected chi connectivity index (χ0v) is 10.4. The molecule has 3 aromatic rings. The minimum atomic E-state index is 0.636. The van der Waals surface area contributed by atoms with Gasteiger partial charge in [-0.1, -0.05) is 26.0 Å². The number of thiophene rings is 2. The third-order valence-corrected chi connectivity index (χ3v) is 5.24. The Morgan fingerprint density at radius 3 is 2.60 bits per heavy atom. The quantitative estimate of drug-likeness (QED) is 0.538. The van der Waals surface area contributed by atoms with Crippen molar-refractivity contribution in [2.75, 3.05) is 0 Å². The summed E-state index contributed by atoms with van der Waals surface area (Å²) in [6.07, 6.45) is 0. The van der Waals surface area contributed by atoms with Gasteiger partial charge in [-0.05, 0) is 34.2 Å². The van der Waals surface area contributed by atoms with Gasteiger partial charge in [0.2, 0.25) is 0 Å². The molecule has 0 aliphatic rings. The van der Waals surface area contributed by atoms with Gasteiger partial charge in [-0.2, -0.15) is 0 Å². The highest BCUT2D eigenvalue weighted by Crippen LogP contribution is 2.37. The highest BCUT2D eigenvalue weighted by atomic mass is 32.1. The highest BCUT2D eigenvalue weighted by molar-refractivity contribution is 7.26. The van der Waals surface area contributed by atoms with Crippen molar-refractivity contribution in [1.29, 1.82) is 0 Å². The van der Waals surface area contributed by atoms with Crippen LogP contribution in [0.15, 0.2) is 29.6 Å². The van der Waals surface area contributed by atoms with Gasteiger partial charge in [0.15, 0.2) is 0 Å². The number of fused-ring (bicyclic) bond motifs is 3. The maximum absolute atomic E-state index is 2.34. The average Bonchev–Trinajstić information content (AvgIpc) is 2.82. The second kappa shape index (κ2) is 3.32. The van der Waals surface area contributed by atoms with Crippen LogP contribution < -0.4 is 0 Å². The molecule has 0 amide bonds. The minimum Gasteiger partial charge on any atom is -0.142 e. The summed E-state index contributed by atoms with van der Waals surface area (Å²) in [5.41, 5.74) is 0. The van der Waals surface area contributed by atoms with Crippen LogP contribution in [0.25, 0.3) is 20.2 Å². The summed E-state index contributed by atoms with van der Waals surface area (Å²) in [5.74, 6) is 0.636. The van der Waals surface area contributed by atoms with Crippen molar-refractivity contribution in [3.05, 3.63) is 34.5 Å². The fourth-order valence-electron chi connectivity index (χ4n) is 1.83. The van der Waals surface area contributed by atoms with Crippen LogP contribution in [0.2, 0.25) is 0 Å². The van der Waals surface area contributed by atoms with Crippen LogP contribution in [0, 0.1) is 0 Å². The average molecular weight is 232 g/mol. The Balaban J connectivity index is 2.41. The molecule has 0 unspecified atom stereocenters. The largest absolute Gasteiger partial charge is 0.142 e. The van der Waals surface area contributed by atoms with E-state index >= 15 is 0 Å². The lowest BCUT2D eigenvalue weighted by molar-refractivity contribution is 0.890. The molecule has 2 heteroatoms. The molecule has 0 atom stereocenters. The first kappa shape index (κ1) is 9.37. The Bertz CT molecular complexity index is 614. The lowest BCUT2D eigenvalue weighted by Crippen LogP contribution is -1.77. The van der Waals surface area contributed by atoms with Gasteiger partial charge in [0.25, 0.3) is 0 Å². The maximum Gasteiger partial charge on any atom is 0.0524 e. The molecule has 0 saturated heterocycles. The summed E-state index contributed by atoms with van der Waals surface area (Å²) in [6.45, 7) is 4.52. The van der Waals surface area contributed by atoms with Crippen LogP contribution in [0.5, 0.6) is 0 Å². The molecule has 0 bridgehead atoms. The van der Waals surface area contributed by atoms with E-state index in [0.29, 0.717) is 5.92 Å². The van der Waals surface area contributed by atoms with Crippen molar-refractivity contribution < 1.29 is 0 Å². The van der Waals surface area contributed by atoms with Crippen molar-refractivity contribution in [2.24, 2.45) is 0 Å². The molecule has 0 nitrogen and oxygen atoms in total. The first-order chi connectivity index (χ1) is 7.25.